The fourth-order valence-electron chi connectivity index (χ4n) is 9.44. The number of fused-ring (bicyclic) bond motifs is 11. The van der Waals surface area contributed by atoms with Crippen molar-refractivity contribution >= 4 is 71.1 Å². The standard InChI is InChI=1S/C52H36N4O/c1-52(2,3)41-17-6-4-13-34(41)31-22-24-46-40(27-31)49-38-16-12-15-37-48-39(28-33(42-18-8-10-25-53-42)30-45(48)56(50(37)38)51(49)57-46)32-21-23-36-35-14-5-7-19-43(35)55(44(36)29-32)47-20-9-11-26-54-47/h4-30H,1-3H3. The molecule has 5 nitrogen and oxygen atoms in total. The molecule has 6 heterocycles. The van der Waals surface area contributed by atoms with Crippen molar-refractivity contribution in [2.45, 2.75) is 26.2 Å². The molecule has 0 saturated heterocycles. The van der Waals surface area contributed by atoms with Crippen LogP contribution in [0.4, 0.5) is 0 Å². The van der Waals surface area contributed by atoms with E-state index in [-0.39, 0.29) is 5.41 Å². The predicted molar refractivity (Wildman–Crippen MR) is 236 cm³/mol. The highest BCUT2D eigenvalue weighted by molar-refractivity contribution is 6.30. The minimum absolute atomic E-state index is 0.00923. The molecule has 6 aromatic carbocycles. The lowest BCUT2D eigenvalue weighted by Gasteiger charge is -2.23. The van der Waals surface area contributed by atoms with Gasteiger partial charge in [-0.3, -0.25) is 14.0 Å². The van der Waals surface area contributed by atoms with E-state index in [1.165, 1.54) is 49.1 Å². The number of hydrogen-bond donors (Lipinski definition) is 0. The van der Waals surface area contributed by atoms with Gasteiger partial charge in [-0.1, -0.05) is 112 Å². The van der Waals surface area contributed by atoms with Gasteiger partial charge < -0.3 is 4.42 Å². The van der Waals surface area contributed by atoms with E-state index >= 15 is 0 Å². The first kappa shape index (κ1) is 32.0. The van der Waals surface area contributed by atoms with Crippen LogP contribution in [0.25, 0.3) is 110 Å². The molecule has 0 atom stereocenters. The number of para-hydroxylation sites is 2. The Labute approximate surface area is 328 Å². The number of hydrogen-bond acceptors (Lipinski definition) is 3. The van der Waals surface area contributed by atoms with E-state index in [2.05, 4.69) is 169 Å². The van der Waals surface area contributed by atoms with Gasteiger partial charge in [0.2, 0.25) is 5.71 Å². The Kier molecular flexibility index (Phi) is 6.54. The van der Waals surface area contributed by atoms with Gasteiger partial charge in [0.15, 0.2) is 0 Å². The molecule has 0 spiro atoms. The molecule has 57 heavy (non-hydrogen) atoms. The quantitative estimate of drug-likeness (QED) is 0.181. The van der Waals surface area contributed by atoms with Gasteiger partial charge >= 0.3 is 0 Å². The second-order valence-electron chi connectivity index (χ2n) is 16.2. The van der Waals surface area contributed by atoms with Gasteiger partial charge in [-0.2, -0.15) is 0 Å². The molecule has 0 amide bonds. The predicted octanol–water partition coefficient (Wildman–Crippen LogP) is 13.8. The molecule has 0 unspecified atom stereocenters. The molecule has 0 aliphatic heterocycles. The zero-order chi connectivity index (χ0) is 38.0. The Hall–Kier alpha value is -7.24. The number of benzene rings is 6. The molecule has 0 saturated carbocycles. The maximum absolute atomic E-state index is 6.92. The lowest BCUT2D eigenvalue weighted by Crippen LogP contribution is -2.12. The number of pyridine rings is 2. The molecule has 0 aliphatic rings. The van der Waals surface area contributed by atoms with Crippen LogP contribution in [0.3, 0.4) is 0 Å². The topological polar surface area (TPSA) is 48.3 Å². The van der Waals surface area contributed by atoms with Crippen molar-refractivity contribution in [3.05, 3.63) is 170 Å². The smallest absolute Gasteiger partial charge is 0.213 e. The van der Waals surface area contributed by atoms with Crippen LogP contribution in [0, 0.1) is 0 Å². The third-order valence-corrected chi connectivity index (χ3v) is 11.9. The van der Waals surface area contributed by atoms with E-state index < -0.39 is 0 Å². The van der Waals surface area contributed by atoms with Gasteiger partial charge in [0, 0.05) is 50.3 Å². The molecular formula is C52H36N4O. The van der Waals surface area contributed by atoms with Crippen molar-refractivity contribution < 1.29 is 4.42 Å². The van der Waals surface area contributed by atoms with Crippen molar-refractivity contribution in [1.82, 2.24) is 18.9 Å². The van der Waals surface area contributed by atoms with Crippen molar-refractivity contribution in [1.29, 1.82) is 0 Å². The maximum Gasteiger partial charge on any atom is 0.213 e. The number of aromatic nitrogens is 4. The van der Waals surface area contributed by atoms with Crippen molar-refractivity contribution in [2.75, 3.05) is 0 Å². The van der Waals surface area contributed by atoms with Crippen LogP contribution in [0.5, 0.6) is 0 Å². The van der Waals surface area contributed by atoms with Gasteiger partial charge in [0.05, 0.1) is 33.1 Å². The Bertz CT molecular complexity index is 3550. The molecule has 12 aromatic rings. The zero-order valence-electron chi connectivity index (χ0n) is 31.8. The van der Waals surface area contributed by atoms with Crippen molar-refractivity contribution in [2.24, 2.45) is 0 Å². The maximum atomic E-state index is 6.92. The third-order valence-electron chi connectivity index (χ3n) is 11.9. The average Bonchev–Trinajstić information content (AvgIpc) is 3.98. The van der Waals surface area contributed by atoms with Crippen LogP contribution in [-0.2, 0) is 5.41 Å². The summed E-state index contributed by atoms with van der Waals surface area (Å²) in [6, 6.07) is 54.5. The first-order valence-electron chi connectivity index (χ1n) is 19.6. The molecule has 12 rings (SSSR count). The summed E-state index contributed by atoms with van der Waals surface area (Å²) in [5, 5.41) is 8.25. The Morgan fingerprint density at radius 1 is 0.491 bits per heavy atom. The Morgan fingerprint density at radius 3 is 2.02 bits per heavy atom. The normalized spacial score (nSPS) is 12.5. The molecule has 0 aliphatic carbocycles. The fourth-order valence-corrected chi connectivity index (χ4v) is 9.44. The van der Waals surface area contributed by atoms with Crippen LogP contribution < -0.4 is 0 Å². The second kappa shape index (κ2) is 11.6. The number of rotatable bonds is 4. The summed E-state index contributed by atoms with van der Waals surface area (Å²) in [7, 11) is 0. The minimum atomic E-state index is 0.00923. The van der Waals surface area contributed by atoms with E-state index in [1.807, 2.05) is 24.5 Å². The molecule has 0 bridgehead atoms. The highest BCUT2D eigenvalue weighted by Gasteiger charge is 2.26. The molecule has 0 fully saturated rings. The van der Waals surface area contributed by atoms with E-state index in [0.717, 1.165) is 66.8 Å². The zero-order valence-corrected chi connectivity index (χ0v) is 31.8. The van der Waals surface area contributed by atoms with Gasteiger partial charge in [-0.25, -0.2) is 4.98 Å². The van der Waals surface area contributed by atoms with E-state index in [4.69, 9.17) is 14.4 Å². The van der Waals surface area contributed by atoms with Crippen LogP contribution in [-0.4, -0.2) is 18.9 Å². The van der Waals surface area contributed by atoms with Gasteiger partial charge in [-0.15, -0.1) is 0 Å². The minimum Gasteiger partial charge on any atom is -0.439 e. The average molecular weight is 733 g/mol. The van der Waals surface area contributed by atoms with Gasteiger partial charge in [-0.05, 0) is 93.9 Å². The molecule has 5 heteroatoms. The summed E-state index contributed by atoms with van der Waals surface area (Å²) in [5.41, 5.74) is 14.3. The first-order chi connectivity index (χ1) is 27.9. The first-order valence-corrected chi connectivity index (χ1v) is 19.6. The lowest BCUT2D eigenvalue weighted by atomic mass is 9.82. The lowest BCUT2D eigenvalue weighted by molar-refractivity contribution is 0.592. The Balaban J connectivity index is 1.17. The Morgan fingerprint density at radius 2 is 1.19 bits per heavy atom. The highest BCUT2D eigenvalue weighted by Crippen LogP contribution is 2.48. The second-order valence-corrected chi connectivity index (χ2v) is 16.2. The van der Waals surface area contributed by atoms with Crippen molar-refractivity contribution in [3.8, 4) is 39.3 Å². The van der Waals surface area contributed by atoms with E-state index in [9.17, 15) is 0 Å². The summed E-state index contributed by atoms with van der Waals surface area (Å²) >= 11 is 0. The third kappa shape index (κ3) is 4.57. The summed E-state index contributed by atoms with van der Waals surface area (Å²) in [4.78, 5) is 9.65. The summed E-state index contributed by atoms with van der Waals surface area (Å²) < 4.78 is 11.6. The largest absolute Gasteiger partial charge is 0.439 e. The van der Waals surface area contributed by atoms with Crippen molar-refractivity contribution in [3.63, 3.8) is 0 Å². The van der Waals surface area contributed by atoms with Crippen LogP contribution in [0.15, 0.2) is 168 Å². The highest BCUT2D eigenvalue weighted by atomic mass is 16.3. The van der Waals surface area contributed by atoms with Crippen LogP contribution in [0.1, 0.15) is 26.3 Å². The van der Waals surface area contributed by atoms with E-state index in [0.29, 0.717) is 0 Å². The number of nitrogens with zero attached hydrogens (tertiary/aromatic N) is 4. The molecule has 0 N–H and O–H groups in total. The fraction of sp³-hybridized carbons (Fsp3) is 0.0769. The summed E-state index contributed by atoms with van der Waals surface area (Å²) in [6.45, 7) is 6.85. The molecule has 270 valence electrons. The summed E-state index contributed by atoms with van der Waals surface area (Å²) in [5.74, 6) is 0.895. The van der Waals surface area contributed by atoms with Gasteiger partial charge in [0.25, 0.3) is 0 Å². The van der Waals surface area contributed by atoms with Crippen LogP contribution >= 0.6 is 0 Å². The molecule has 0 radical (unpaired) electrons. The molecule has 6 aromatic heterocycles. The monoisotopic (exact) mass is 732 g/mol. The van der Waals surface area contributed by atoms with Gasteiger partial charge in [0.1, 0.15) is 11.4 Å². The van der Waals surface area contributed by atoms with E-state index in [1.54, 1.807) is 0 Å². The SMILES string of the molecule is CC(C)(C)c1ccccc1-c1ccc2oc3c(c2c1)c1cccc2c4c(-c5ccc6c7ccccc7n(-c7ccccn7)c6c5)cc(-c5ccccn5)cc4n3c21. The molecular weight excluding hydrogens is 697 g/mol. The number of furan rings is 1. The van der Waals surface area contributed by atoms with Crippen LogP contribution in [0.2, 0.25) is 0 Å². The summed E-state index contributed by atoms with van der Waals surface area (Å²) in [6.07, 6.45) is 3.73.